The molecule has 41 heavy (non-hydrogen) atoms. The molecule has 0 saturated carbocycles. The van der Waals surface area contributed by atoms with Gasteiger partial charge in [0, 0.05) is 0 Å². The molecule has 0 N–H and O–H groups in total. The van der Waals surface area contributed by atoms with Crippen LogP contribution in [0, 0.1) is 0 Å². The van der Waals surface area contributed by atoms with E-state index in [1.165, 1.54) is 0 Å². The summed E-state index contributed by atoms with van der Waals surface area (Å²) in [7, 11) is -16.8. The van der Waals surface area contributed by atoms with Gasteiger partial charge in [0.25, 0.3) is 0 Å². The van der Waals surface area contributed by atoms with Crippen LogP contribution in [0.2, 0.25) is 102 Å². The minimum atomic E-state index is -2.80. The van der Waals surface area contributed by atoms with Gasteiger partial charge in [-0.1, -0.05) is 23.9 Å². The highest BCUT2D eigenvalue weighted by atomic mass is 28.5. The Balaban J connectivity index is 3.41. The Morgan fingerprint density at radius 2 is 0.780 bits per heavy atom. The Kier molecular flexibility index (Phi) is 15.3. The molecule has 1 saturated heterocycles. The lowest BCUT2D eigenvalue weighted by atomic mass is 10.7. The molecule has 1 heterocycles. The molecule has 7 nitrogen and oxygen atoms in total. The number of hydrogen-bond acceptors (Lipinski definition) is 7. The van der Waals surface area contributed by atoms with Crippen molar-refractivity contribution in [3.63, 3.8) is 0 Å². The summed E-state index contributed by atoms with van der Waals surface area (Å²) in [4.78, 5) is 0. The highest BCUT2D eigenvalue weighted by Gasteiger charge is 2.57. The van der Waals surface area contributed by atoms with Gasteiger partial charge < -0.3 is 29.7 Å². The third-order valence-electron chi connectivity index (χ3n) is 7.39. The van der Waals surface area contributed by atoms with Crippen LogP contribution >= 0.6 is 0 Å². The normalized spacial score (nSPS) is 29.8. The van der Waals surface area contributed by atoms with Gasteiger partial charge in [0.1, 0.15) is 0 Å². The molecule has 2 unspecified atom stereocenters. The number of rotatable bonds is 19. The highest BCUT2D eigenvalue weighted by molar-refractivity contribution is 6.96. The molecule has 1 fully saturated rings. The molecular weight excluding hydrogens is 633 g/mol. The SMILES string of the molecule is C=CCO[Si](C)(C)CC[Si]1(C)O[Si](C)(C=C)O[Si](C)(CC[Si](C)(C)OCC=C)O[Si](C)(CC[Si](C)(C)OCC=C)O1. The highest BCUT2D eigenvalue weighted by Crippen LogP contribution is 2.40. The predicted molar refractivity (Wildman–Crippen MR) is 191 cm³/mol. The van der Waals surface area contributed by atoms with E-state index in [0.29, 0.717) is 19.8 Å². The molecule has 14 heteroatoms. The van der Waals surface area contributed by atoms with Gasteiger partial charge >= 0.3 is 34.2 Å². The first kappa shape index (κ1) is 39.2. The second-order valence-corrected chi connectivity index (χ2v) is 40.5. The van der Waals surface area contributed by atoms with E-state index < -0.39 is 59.2 Å². The van der Waals surface area contributed by atoms with E-state index in [9.17, 15) is 0 Å². The molecule has 0 spiro atoms. The van der Waals surface area contributed by atoms with Crippen LogP contribution in [-0.2, 0) is 29.7 Å². The fraction of sp³-hybridized carbons (Fsp3) is 0.704. The summed E-state index contributed by atoms with van der Waals surface area (Å²) in [5.74, 6) is 0. The van der Waals surface area contributed by atoms with Crippen LogP contribution in [0.5, 0.6) is 0 Å². The monoisotopic (exact) mass is 692 g/mol. The first-order valence-corrected chi connectivity index (χ1v) is 34.2. The summed E-state index contributed by atoms with van der Waals surface area (Å²) in [6.07, 6.45) is 5.47. The molecule has 0 radical (unpaired) electrons. The molecule has 0 bridgehead atoms. The lowest BCUT2D eigenvalue weighted by molar-refractivity contribution is 0.229. The van der Waals surface area contributed by atoms with Gasteiger partial charge in [0.2, 0.25) is 0 Å². The van der Waals surface area contributed by atoms with Crippen LogP contribution in [0.15, 0.2) is 50.2 Å². The van der Waals surface area contributed by atoms with Crippen molar-refractivity contribution in [2.24, 2.45) is 0 Å². The molecule has 1 aliphatic heterocycles. The van der Waals surface area contributed by atoms with Gasteiger partial charge in [0.05, 0.1) is 19.8 Å². The topological polar surface area (TPSA) is 64.6 Å². The van der Waals surface area contributed by atoms with Gasteiger partial charge in [-0.05, 0) is 102 Å². The van der Waals surface area contributed by atoms with Crippen molar-refractivity contribution in [3.05, 3.63) is 50.2 Å². The standard InChI is InChI=1S/C27H60O7Si7/c1-15-19-28-35(5,6)22-25-39(12)31-38(11,18-4)32-40(13,26-23-36(7,8)29-20-16-2)34-41(14,33-39)27-24-37(9,10)30-21-17-3/h15-18H,1-4,19-27H2,5-14H3. The minimum absolute atomic E-state index is 0.571. The molecule has 0 aromatic rings. The average Bonchev–Trinajstić information content (AvgIpc) is 2.86. The molecule has 0 aromatic heterocycles. The Bertz CT molecular complexity index is 840. The van der Waals surface area contributed by atoms with Gasteiger partial charge in [0.15, 0.2) is 25.0 Å². The largest absolute Gasteiger partial charge is 0.416 e. The second-order valence-electron chi connectivity index (χ2n) is 13.6. The van der Waals surface area contributed by atoms with Crippen molar-refractivity contribution in [1.29, 1.82) is 0 Å². The number of hydrogen-bond donors (Lipinski definition) is 0. The molecule has 1 aliphatic rings. The first-order chi connectivity index (χ1) is 18.7. The van der Waals surface area contributed by atoms with Crippen molar-refractivity contribution in [2.75, 3.05) is 19.8 Å². The second kappa shape index (κ2) is 16.0. The van der Waals surface area contributed by atoms with Gasteiger partial charge in [-0.2, -0.15) is 0 Å². The van der Waals surface area contributed by atoms with E-state index in [-0.39, 0.29) is 0 Å². The molecule has 0 aliphatic carbocycles. The summed E-state index contributed by atoms with van der Waals surface area (Å²) in [6.45, 7) is 39.6. The lowest BCUT2D eigenvalue weighted by Gasteiger charge is -2.50. The van der Waals surface area contributed by atoms with E-state index in [4.69, 9.17) is 29.7 Å². The van der Waals surface area contributed by atoms with E-state index in [2.05, 4.69) is 91.8 Å². The summed E-state index contributed by atoms with van der Waals surface area (Å²) < 4.78 is 47.4. The summed E-state index contributed by atoms with van der Waals surface area (Å²) >= 11 is 0. The minimum Gasteiger partial charge on any atom is -0.416 e. The Morgan fingerprint density at radius 3 is 1.02 bits per heavy atom. The third-order valence-corrected chi connectivity index (χ3v) is 33.9. The van der Waals surface area contributed by atoms with E-state index in [0.717, 1.165) is 36.3 Å². The van der Waals surface area contributed by atoms with Crippen LogP contribution in [0.3, 0.4) is 0 Å². The van der Waals surface area contributed by atoms with E-state index in [1.807, 2.05) is 23.9 Å². The quantitative estimate of drug-likeness (QED) is 0.0997. The van der Waals surface area contributed by atoms with Crippen molar-refractivity contribution in [1.82, 2.24) is 0 Å². The van der Waals surface area contributed by atoms with Crippen molar-refractivity contribution >= 4 is 59.2 Å². The maximum Gasteiger partial charge on any atom is 0.343 e. The molecule has 1 rings (SSSR count). The van der Waals surface area contributed by atoms with Gasteiger partial charge in [-0.3, -0.25) is 0 Å². The van der Waals surface area contributed by atoms with E-state index >= 15 is 0 Å². The summed E-state index contributed by atoms with van der Waals surface area (Å²) in [6, 6.07) is 5.32. The van der Waals surface area contributed by atoms with Gasteiger partial charge in [-0.25, -0.2) is 0 Å². The Hall–Kier alpha value is 0.198. The third kappa shape index (κ3) is 14.7. The Labute approximate surface area is 259 Å². The molecule has 0 amide bonds. The average molecular weight is 693 g/mol. The van der Waals surface area contributed by atoms with Crippen molar-refractivity contribution in [2.45, 2.75) is 102 Å². The van der Waals surface area contributed by atoms with Crippen LogP contribution < -0.4 is 0 Å². The predicted octanol–water partition coefficient (Wildman–Crippen LogP) is 8.30. The fourth-order valence-corrected chi connectivity index (χ4v) is 39.2. The maximum absolute atomic E-state index is 7.29. The van der Waals surface area contributed by atoms with Crippen molar-refractivity contribution < 1.29 is 29.7 Å². The zero-order valence-corrected chi connectivity index (χ0v) is 34.9. The molecule has 0 aromatic carbocycles. The zero-order chi connectivity index (χ0) is 31.6. The fourth-order valence-electron chi connectivity index (χ4n) is 4.90. The van der Waals surface area contributed by atoms with Crippen LogP contribution in [0.25, 0.3) is 0 Å². The zero-order valence-electron chi connectivity index (χ0n) is 27.9. The van der Waals surface area contributed by atoms with Gasteiger partial charge in [-0.15, -0.1) is 26.3 Å². The van der Waals surface area contributed by atoms with Crippen molar-refractivity contribution in [3.8, 4) is 0 Å². The smallest absolute Gasteiger partial charge is 0.343 e. The van der Waals surface area contributed by atoms with Crippen LogP contribution in [-0.4, -0.2) is 79.0 Å². The first-order valence-electron chi connectivity index (χ1n) is 14.9. The Morgan fingerprint density at radius 1 is 0.512 bits per heavy atom. The summed E-state index contributed by atoms with van der Waals surface area (Å²) in [5, 5.41) is 0. The van der Waals surface area contributed by atoms with Crippen LogP contribution in [0.1, 0.15) is 0 Å². The molecule has 238 valence electrons. The van der Waals surface area contributed by atoms with E-state index in [1.54, 1.807) is 0 Å². The summed E-state index contributed by atoms with van der Waals surface area (Å²) in [5.41, 5.74) is 1.91. The molecular formula is C27H60O7Si7. The molecule has 2 atom stereocenters. The maximum atomic E-state index is 7.29. The van der Waals surface area contributed by atoms with Crippen LogP contribution in [0.4, 0.5) is 0 Å². The lowest BCUT2D eigenvalue weighted by Crippen LogP contribution is -2.67.